The van der Waals surface area contributed by atoms with E-state index in [9.17, 15) is 13.9 Å². The minimum absolute atomic E-state index is 0.212. The van der Waals surface area contributed by atoms with Crippen LogP contribution in [0, 0.1) is 12.3 Å². The second-order valence-corrected chi connectivity index (χ2v) is 13.2. The highest BCUT2D eigenvalue weighted by Crippen LogP contribution is 2.57. The lowest BCUT2D eigenvalue weighted by Crippen LogP contribution is -2.50. The van der Waals surface area contributed by atoms with Crippen LogP contribution < -0.4 is 0 Å². The minimum Gasteiger partial charge on any atom is -0.353 e. The van der Waals surface area contributed by atoms with Crippen LogP contribution in [0.25, 0.3) is 26.9 Å². The Hall–Kier alpha value is -3.36. The van der Waals surface area contributed by atoms with Gasteiger partial charge in [0.1, 0.15) is 0 Å². The summed E-state index contributed by atoms with van der Waals surface area (Å²) >= 11 is 0. The third-order valence-corrected chi connectivity index (χ3v) is 10.4. The molecule has 2 aromatic carbocycles. The Morgan fingerprint density at radius 2 is 1.93 bits per heavy atom. The van der Waals surface area contributed by atoms with E-state index in [1.165, 1.54) is 3.97 Å². The number of hydrogen-bond acceptors (Lipinski definition) is 5. The van der Waals surface area contributed by atoms with E-state index >= 15 is 0 Å². The van der Waals surface area contributed by atoms with Gasteiger partial charge in [-0.3, -0.25) is 0 Å². The van der Waals surface area contributed by atoms with Crippen LogP contribution in [-0.4, -0.2) is 37.4 Å². The van der Waals surface area contributed by atoms with E-state index < -0.39 is 33.2 Å². The zero-order valence-corrected chi connectivity index (χ0v) is 24.7. The smallest absolute Gasteiger partial charge is 0.268 e. The zero-order valence-electron chi connectivity index (χ0n) is 23.9. The Morgan fingerprint density at radius 3 is 2.55 bits per heavy atom. The lowest BCUT2D eigenvalue weighted by molar-refractivity contribution is -0.180. The summed E-state index contributed by atoms with van der Waals surface area (Å²) in [7, 11) is -3.90. The predicted molar refractivity (Wildman–Crippen MR) is 157 cm³/mol. The molecule has 0 aliphatic heterocycles. The van der Waals surface area contributed by atoms with Crippen LogP contribution in [0.15, 0.2) is 76.9 Å². The number of rotatable bonds is 8. The topological polar surface area (TPSA) is 106 Å². The van der Waals surface area contributed by atoms with E-state index in [2.05, 4.69) is 36.5 Å². The normalized spacial score (nSPS) is 24.4. The predicted octanol–water partition coefficient (Wildman–Crippen LogP) is 7.27. The molecule has 0 amide bonds. The van der Waals surface area contributed by atoms with Crippen molar-refractivity contribution in [1.29, 1.82) is 0 Å². The first-order chi connectivity index (χ1) is 18.9. The van der Waals surface area contributed by atoms with Gasteiger partial charge in [0, 0.05) is 39.5 Å². The Balaban J connectivity index is 1.80. The number of aryl methyl sites for hydroxylation is 1. The molecule has 2 aliphatic rings. The van der Waals surface area contributed by atoms with E-state index in [0.29, 0.717) is 18.5 Å². The Morgan fingerprint density at radius 1 is 1.23 bits per heavy atom. The second-order valence-electron chi connectivity index (χ2n) is 11.4. The number of ether oxygens (including phenoxy) is 2. The highest BCUT2D eigenvalue weighted by Gasteiger charge is 2.52. The maximum absolute atomic E-state index is 14.0. The third kappa shape index (κ3) is 4.11. The van der Waals surface area contributed by atoms with Crippen molar-refractivity contribution in [1.82, 2.24) is 3.97 Å². The van der Waals surface area contributed by atoms with Crippen molar-refractivity contribution in [2.24, 2.45) is 10.5 Å². The van der Waals surface area contributed by atoms with Gasteiger partial charge in [0.15, 0.2) is 6.29 Å². The minimum atomic E-state index is -3.90. The standard InChI is InChI=1S/C31H36N4O4S/c1-8-31(7)26(39-20(4)38-9-2)17-24-28(29(31)33-34-32)22-18-35(40(36,37)21-15-13-19(3)14-16-21)25-12-10-11-23(27(22)25)30(24,5)6/h8,10-16,18,20,26,29H,1,9,17H2,2-7H3/t20?,26-,29-,31+/m1/s1. The first kappa shape index (κ1) is 28.2. The number of fused-ring (bicyclic) bond motifs is 1. The molecule has 4 atom stereocenters. The van der Waals surface area contributed by atoms with Crippen LogP contribution in [0.4, 0.5) is 0 Å². The van der Waals surface area contributed by atoms with Gasteiger partial charge in [0.2, 0.25) is 0 Å². The molecular weight excluding hydrogens is 524 g/mol. The first-order valence-electron chi connectivity index (χ1n) is 13.6. The second kappa shape index (κ2) is 9.93. The van der Waals surface area contributed by atoms with Gasteiger partial charge in [0.05, 0.1) is 22.6 Å². The van der Waals surface area contributed by atoms with Gasteiger partial charge in [-0.05, 0) is 62.1 Å². The van der Waals surface area contributed by atoms with Crippen LogP contribution in [0.5, 0.6) is 0 Å². The van der Waals surface area contributed by atoms with Gasteiger partial charge in [-0.15, -0.1) is 6.58 Å². The van der Waals surface area contributed by atoms with Gasteiger partial charge >= 0.3 is 0 Å². The summed E-state index contributed by atoms with van der Waals surface area (Å²) in [4.78, 5) is 3.47. The summed E-state index contributed by atoms with van der Waals surface area (Å²) in [6, 6.07) is 12.0. The molecule has 3 aromatic rings. The van der Waals surface area contributed by atoms with Crippen molar-refractivity contribution in [3.05, 3.63) is 94.0 Å². The monoisotopic (exact) mass is 560 g/mol. The van der Waals surface area contributed by atoms with Crippen molar-refractivity contribution >= 4 is 26.5 Å². The molecule has 0 radical (unpaired) electrons. The molecule has 0 fully saturated rings. The van der Waals surface area contributed by atoms with E-state index in [1.807, 2.05) is 39.8 Å². The SMILES string of the molecule is C=C[C@]1(C)[C@H](N=[N+]=[N-])C2=C(C[C@H]1OC(C)OCC)C(C)(C)c1cccc3c1c2cn3S(=O)(=O)c1ccc(C)cc1. The highest BCUT2D eigenvalue weighted by molar-refractivity contribution is 7.90. The number of aromatic nitrogens is 1. The summed E-state index contributed by atoms with van der Waals surface area (Å²) in [5.41, 5.74) is 13.8. The van der Waals surface area contributed by atoms with Crippen molar-refractivity contribution in [2.75, 3.05) is 6.61 Å². The molecule has 1 aromatic heterocycles. The average Bonchev–Trinajstić information content (AvgIpc) is 3.31. The van der Waals surface area contributed by atoms with Gasteiger partial charge in [-0.1, -0.05) is 67.4 Å². The molecule has 2 aliphatic carbocycles. The fourth-order valence-corrected chi connectivity index (χ4v) is 7.78. The van der Waals surface area contributed by atoms with Crippen molar-refractivity contribution in [3.8, 4) is 0 Å². The molecule has 1 unspecified atom stereocenters. The number of azide groups is 1. The lowest BCUT2D eigenvalue weighted by Gasteiger charge is -2.50. The summed E-state index contributed by atoms with van der Waals surface area (Å²) in [5.74, 6) is 0. The Kier molecular flexibility index (Phi) is 6.99. The molecule has 8 nitrogen and oxygen atoms in total. The number of hydrogen-bond donors (Lipinski definition) is 0. The van der Waals surface area contributed by atoms with Crippen LogP contribution in [-0.2, 0) is 24.9 Å². The first-order valence-corrected chi connectivity index (χ1v) is 15.0. The van der Waals surface area contributed by atoms with Crippen LogP contribution in [0.3, 0.4) is 0 Å². The van der Waals surface area contributed by atoms with E-state index in [-0.39, 0.29) is 11.0 Å². The van der Waals surface area contributed by atoms with Crippen LogP contribution >= 0.6 is 0 Å². The van der Waals surface area contributed by atoms with Crippen molar-refractivity contribution in [3.63, 3.8) is 0 Å². The maximum Gasteiger partial charge on any atom is 0.268 e. The third-order valence-electron chi connectivity index (χ3n) is 8.73. The van der Waals surface area contributed by atoms with Gasteiger partial charge in [-0.2, -0.15) is 0 Å². The maximum atomic E-state index is 14.0. The van der Waals surface area contributed by atoms with Gasteiger partial charge < -0.3 is 9.47 Å². The Bertz CT molecular complexity index is 1680. The van der Waals surface area contributed by atoms with Gasteiger partial charge in [-0.25, -0.2) is 12.4 Å². The summed E-state index contributed by atoms with van der Waals surface area (Å²) in [6.45, 7) is 16.6. The quantitative estimate of drug-likeness (QED) is 0.0949. The molecule has 1 heterocycles. The molecule has 0 saturated carbocycles. The highest BCUT2D eigenvalue weighted by atomic mass is 32.2. The van der Waals surface area contributed by atoms with Crippen LogP contribution in [0.2, 0.25) is 0 Å². The largest absolute Gasteiger partial charge is 0.353 e. The fourth-order valence-electron chi connectivity index (χ4n) is 6.41. The summed E-state index contributed by atoms with van der Waals surface area (Å²) in [6.07, 6.45) is 3.20. The molecule has 0 saturated heterocycles. The van der Waals surface area contributed by atoms with E-state index in [0.717, 1.165) is 33.2 Å². The fraction of sp³-hybridized carbons (Fsp3) is 0.419. The van der Waals surface area contributed by atoms with Crippen molar-refractivity contribution in [2.45, 2.75) is 76.7 Å². The molecule has 0 spiro atoms. The van der Waals surface area contributed by atoms with Crippen molar-refractivity contribution < 1.29 is 17.9 Å². The van der Waals surface area contributed by atoms with Crippen LogP contribution in [0.1, 0.15) is 57.7 Å². The van der Waals surface area contributed by atoms with E-state index in [1.54, 1.807) is 36.5 Å². The lowest BCUT2D eigenvalue weighted by atomic mass is 9.58. The number of nitrogens with zero attached hydrogens (tertiary/aromatic N) is 4. The van der Waals surface area contributed by atoms with Gasteiger partial charge in [0.25, 0.3) is 10.0 Å². The molecule has 210 valence electrons. The molecule has 9 heteroatoms. The average molecular weight is 561 g/mol. The summed E-state index contributed by atoms with van der Waals surface area (Å²) in [5, 5.41) is 5.19. The number of benzene rings is 2. The molecule has 5 rings (SSSR count). The Labute approximate surface area is 236 Å². The molecular formula is C31H36N4O4S. The summed E-state index contributed by atoms with van der Waals surface area (Å²) < 4.78 is 41.5. The van der Waals surface area contributed by atoms with E-state index in [4.69, 9.17) is 9.47 Å². The molecule has 0 bridgehead atoms. The zero-order chi connectivity index (χ0) is 29.0. The molecule has 40 heavy (non-hydrogen) atoms. The molecule has 0 N–H and O–H groups in total.